The van der Waals surface area contributed by atoms with Crippen LogP contribution in [0, 0.1) is 11.3 Å². The van der Waals surface area contributed by atoms with Crippen molar-refractivity contribution >= 4 is 23.4 Å². The molecule has 3 aliphatic heterocycles. The molecule has 198 valence electrons. The first-order valence-corrected chi connectivity index (χ1v) is 13.8. The summed E-state index contributed by atoms with van der Waals surface area (Å²) in [6.45, 7) is 11.5. The Bertz CT molecular complexity index is 1320. The van der Waals surface area contributed by atoms with Crippen LogP contribution >= 0.6 is 0 Å². The van der Waals surface area contributed by atoms with Crippen molar-refractivity contribution in [1.82, 2.24) is 24.8 Å². The number of piperazine rings is 1. The lowest BCUT2D eigenvalue weighted by molar-refractivity contribution is -0.142. The highest BCUT2D eigenvalue weighted by Crippen LogP contribution is 2.56. The van der Waals surface area contributed by atoms with Crippen molar-refractivity contribution in [2.45, 2.75) is 69.0 Å². The number of anilines is 3. The number of likely N-dealkylation sites (tertiary alicyclic amines) is 1. The molecule has 1 amide bonds. The van der Waals surface area contributed by atoms with Crippen LogP contribution in [0.4, 0.5) is 17.5 Å². The number of hydrogen-bond donors (Lipinski definition) is 0. The second kappa shape index (κ2) is 9.05. The van der Waals surface area contributed by atoms with Gasteiger partial charge in [0.15, 0.2) is 0 Å². The second-order valence-corrected chi connectivity index (χ2v) is 11.6. The van der Waals surface area contributed by atoms with Crippen LogP contribution in [-0.4, -0.2) is 81.5 Å². The molecule has 3 atom stereocenters. The number of amides is 1. The van der Waals surface area contributed by atoms with Crippen LogP contribution in [0.1, 0.15) is 57.1 Å². The third-order valence-electron chi connectivity index (χ3n) is 9.48. The van der Waals surface area contributed by atoms with Crippen molar-refractivity contribution in [3.63, 3.8) is 0 Å². The van der Waals surface area contributed by atoms with Gasteiger partial charge in [-0.25, -0.2) is 15.0 Å². The largest absolute Gasteiger partial charge is 0.350 e. The van der Waals surface area contributed by atoms with Gasteiger partial charge in [-0.1, -0.05) is 12.5 Å². The molecule has 2 saturated heterocycles. The van der Waals surface area contributed by atoms with Crippen LogP contribution < -0.4 is 9.80 Å². The highest BCUT2D eigenvalue weighted by molar-refractivity contribution is 5.89. The highest BCUT2D eigenvalue weighted by Gasteiger charge is 2.52. The van der Waals surface area contributed by atoms with E-state index in [0.29, 0.717) is 18.7 Å². The van der Waals surface area contributed by atoms with Crippen molar-refractivity contribution in [2.24, 2.45) is 0 Å². The zero-order chi connectivity index (χ0) is 26.7. The molecule has 1 aliphatic carbocycles. The zero-order valence-electron chi connectivity index (χ0n) is 22.6. The van der Waals surface area contributed by atoms with Crippen LogP contribution in [0.3, 0.4) is 0 Å². The smallest absolute Gasteiger partial charge is 0.247 e. The summed E-state index contributed by atoms with van der Waals surface area (Å²) in [6.07, 6.45) is 10.4. The summed E-state index contributed by atoms with van der Waals surface area (Å²) in [4.78, 5) is 36.9. The summed E-state index contributed by atoms with van der Waals surface area (Å²) in [7, 11) is 2.03. The lowest BCUT2D eigenvalue weighted by Crippen LogP contribution is -2.64. The van der Waals surface area contributed by atoms with Crippen molar-refractivity contribution in [2.75, 3.05) is 43.0 Å². The third kappa shape index (κ3) is 3.53. The SMILES string of the molecule is C=C[C@@]1(C(=O)N2C[C@H](C)N(c3ncnc4c3C3(CCC3)CN4c3cc(C#N)ccn3)C[C@H]2C)CCCN1C. The lowest BCUT2D eigenvalue weighted by Gasteiger charge is -2.49. The van der Waals surface area contributed by atoms with E-state index in [1.807, 2.05) is 19.2 Å². The van der Waals surface area contributed by atoms with E-state index in [1.54, 1.807) is 18.6 Å². The van der Waals surface area contributed by atoms with Gasteiger partial charge in [-0.15, -0.1) is 6.58 Å². The summed E-state index contributed by atoms with van der Waals surface area (Å²) in [5.74, 6) is 2.81. The monoisotopic (exact) mass is 512 g/mol. The Balaban J connectivity index is 1.33. The first-order chi connectivity index (χ1) is 18.3. The number of rotatable bonds is 4. The van der Waals surface area contributed by atoms with Gasteiger partial charge in [0.05, 0.1) is 11.6 Å². The van der Waals surface area contributed by atoms with Crippen LogP contribution in [0.5, 0.6) is 0 Å². The van der Waals surface area contributed by atoms with E-state index >= 15 is 0 Å². The fraction of sp³-hybridized carbons (Fsp3) is 0.552. The number of nitriles is 1. The standard InChI is InChI=1S/C29H36N8O/c1-5-29(11-7-13-34(29)4)27(38)36-17-20(2)35(16-21(36)3)25-24-26(33-19-32-25)37(18-28(24)9-6-10-28)23-14-22(15-30)8-12-31-23/h5,8,12,14,19-21H,1,6-7,9-11,13,16-18H2,2-4H3/t20-,21+,29-/m0/s1. The second-order valence-electron chi connectivity index (χ2n) is 11.6. The minimum Gasteiger partial charge on any atom is -0.350 e. The van der Waals surface area contributed by atoms with E-state index in [0.717, 1.165) is 56.2 Å². The Morgan fingerprint density at radius 3 is 2.58 bits per heavy atom. The van der Waals surface area contributed by atoms with Crippen LogP contribution in [0.15, 0.2) is 37.3 Å². The number of pyridine rings is 1. The normalized spacial score (nSPS) is 28.2. The Morgan fingerprint density at radius 1 is 1.13 bits per heavy atom. The molecule has 0 unspecified atom stereocenters. The molecule has 6 rings (SSSR count). The van der Waals surface area contributed by atoms with E-state index in [-0.39, 0.29) is 23.4 Å². The number of hydrogen-bond acceptors (Lipinski definition) is 8. The Morgan fingerprint density at radius 2 is 1.92 bits per heavy atom. The maximum atomic E-state index is 13.9. The van der Waals surface area contributed by atoms with E-state index in [9.17, 15) is 10.1 Å². The van der Waals surface area contributed by atoms with Crippen molar-refractivity contribution in [1.29, 1.82) is 5.26 Å². The molecule has 1 saturated carbocycles. The van der Waals surface area contributed by atoms with Crippen molar-refractivity contribution < 1.29 is 4.79 Å². The molecule has 38 heavy (non-hydrogen) atoms. The molecule has 4 aliphatic rings. The quantitative estimate of drug-likeness (QED) is 0.576. The average molecular weight is 513 g/mol. The maximum Gasteiger partial charge on any atom is 0.247 e. The molecule has 0 aromatic carbocycles. The summed E-state index contributed by atoms with van der Waals surface area (Å²) < 4.78 is 0. The Labute approximate surface area is 224 Å². The summed E-state index contributed by atoms with van der Waals surface area (Å²) >= 11 is 0. The van der Waals surface area contributed by atoms with Gasteiger partial charge in [0.1, 0.15) is 29.3 Å². The molecule has 3 fully saturated rings. The number of carbonyl (C=O) groups is 1. The predicted molar refractivity (Wildman–Crippen MR) is 146 cm³/mol. The van der Waals surface area contributed by atoms with E-state index < -0.39 is 5.54 Å². The topological polar surface area (TPSA) is 92.5 Å². The molecule has 9 nitrogen and oxygen atoms in total. The molecule has 0 N–H and O–H groups in total. The van der Waals surface area contributed by atoms with Crippen LogP contribution in [-0.2, 0) is 10.2 Å². The first kappa shape index (κ1) is 24.8. The summed E-state index contributed by atoms with van der Waals surface area (Å²) in [6, 6.07) is 5.95. The molecular weight excluding hydrogens is 476 g/mol. The molecule has 5 heterocycles. The fourth-order valence-electron chi connectivity index (χ4n) is 7.10. The first-order valence-electron chi connectivity index (χ1n) is 13.8. The van der Waals surface area contributed by atoms with Gasteiger partial charge in [-0.05, 0) is 65.3 Å². The number of fused-ring (bicyclic) bond motifs is 2. The zero-order valence-corrected chi connectivity index (χ0v) is 22.6. The molecule has 0 bridgehead atoms. The van der Waals surface area contributed by atoms with Gasteiger partial charge in [-0.3, -0.25) is 9.69 Å². The minimum atomic E-state index is -0.603. The minimum absolute atomic E-state index is 0.00831. The Kier molecular flexibility index (Phi) is 5.91. The van der Waals surface area contributed by atoms with E-state index in [1.165, 1.54) is 12.0 Å². The summed E-state index contributed by atoms with van der Waals surface area (Å²) in [5, 5.41) is 9.44. The van der Waals surface area contributed by atoms with Gasteiger partial charge < -0.3 is 14.7 Å². The number of likely N-dealkylation sites (N-methyl/N-ethyl adjacent to an activating group) is 1. The highest BCUT2D eigenvalue weighted by atomic mass is 16.2. The summed E-state index contributed by atoms with van der Waals surface area (Å²) in [5.41, 5.74) is 1.18. The number of carbonyl (C=O) groups excluding carboxylic acids is 1. The number of nitrogens with zero attached hydrogens (tertiary/aromatic N) is 8. The van der Waals surface area contributed by atoms with E-state index in [2.05, 4.69) is 51.1 Å². The molecule has 2 aromatic rings. The van der Waals surface area contributed by atoms with Gasteiger partial charge in [-0.2, -0.15) is 5.26 Å². The fourth-order valence-corrected chi connectivity index (χ4v) is 7.10. The van der Waals surface area contributed by atoms with Gasteiger partial charge in [0.25, 0.3) is 0 Å². The van der Waals surface area contributed by atoms with Gasteiger partial charge >= 0.3 is 0 Å². The average Bonchev–Trinajstić information content (AvgIpc) is 3.48. The lowest BCUT2D eigenvalue weighted by atomic mass is 9.66. The molecular formula is C29H36N8O. The van der Waals surface area contributed by atoms with Gasteiger partial charge in [0.2, 0.25) is 5.91 Å². The molecule has 1 spiro atoms. The van der Waals surface area contributed by atoms with Gasteiger partial charge in [0, 0.05) is 48.9 Å². The van der Waals surface area contributed by atoms with Crippen LogP contribution in [0.25, 0.3) is 0 Å². The molecule has 2 aromatic heterocycles. The Hall–Kier alpha value is -3.51. The van der Waals surface area contributed by atoms with E-state index in [4.69, 9.17) is 9.97 Å². The van der Waals surface area contributed by atoms with Crippen molar-refractivity contribution in [3.05, 3.63) is 48.4 Å². The third-order valence-corrected chi connectivity index (χ3v) is 9.48. The molecule has 9 heteroatoms. The number of aromatic nitrogens is 3. The van der Waals surface area contributed by atoms with Crippen LogP contribution in [0.2, 0.25) is 0 Å². The molecule has 0 radical (unpaired) electrons. The predicted octanol–water partition coefficient (Wildman–Crippen LogP) is 3.39. The maximum absolute atomic E-state index is 13.9. The van der Waals surface area contributed by atoms with Crippen molar-refractivity contribution in [3.8, 4) is 6.07 Å².